The van der Waals surface area contributed by atoms with Crippen LogP contribution in [-0.2, 0) is 0 Å². The predicted molar refractivity (Wildman–Crippen MR) is 82.7 cm³/mol. The van der Waals surface area contributed by atoms with Gasteiger partial charge in [-0.15, -0.1) is 0 Å². The number of rotatable bonds is 4. The molecule has 1 aliphatic heterocycles. The van der Waals surface area contributed by atoms with Crippen LogP contribution in [0.4, 0.5) is 11.6 Å². The first-order valence-corrected chi connectivity index (χ1v) is 8.05. The van der Waals surface area contributed by atoms with Crippen molar-refractivity contribution in [3.05, 3.63) is 11.9 Å². The molecule has 3 N–H and O–H groups in total. The van der Waals surface area contributed by atoms with Crippen LogP contribution in [0.25, 0.3) is 0 Å². The van der Waals surface area contributed by atoms with Gasteiger partial charge >= 0.3 is 0 Å². The quantitative estimate of drug-likeness (QED) is 0.651. The Morgan fingerprint density at radius 3 is 2.58 bits per heavy atom. The molecule has 0 radical (unpaired) electrons. The van der Waals surface area contributed by atoms with Gasteiger partial charge in [0.1, 0.15) is 18.0 Å². The lowest BCUT2D eigenvalue weighted by Crippen LogP contribution is -2.36. The average Bonchev–Trinajstić information content (AvgIpc) is 2.46. The molecule has 106 valence electrons. The van der Waals surface area contributed by atoms with E-state index in [2.05, 4.69) is 40.4 Å². The number of hydrogen-bond acceptors (Lipinski definition) is 6. The summed E-state index contributed by atoms with van der Waals surface area (Å²) >= 11 is 1.97. The van der Waals surface area contributed by atoms with Crippen molar-refractivity contribution >= 4 is 23.4 Å². The highest BCUT2D eigenvalue weighted by Gasteiger charge is 2.24. The Bertz CT molecular complexity index is 415. The Balaban J connectivity index is 2.25. The van der Waals surface area contributed by atoms with E-state index in [1.165, 1.54) is 12.8 Å². The van der Waals surface area contributed by atoms with E-state index in [4.69, 9.17) is 5.84 Å². The second-order valence-electron chi connectivity index (χ2n) is 5.18. The third-order valence-corrected chi connectivity index (χ3v) is 4.79. The Hall–Kier alpha value is -1.01. The van der Waals surface area contributed by atoms with E-state index in [1.807, 2.05) is 11.8 Å². The van der Waals surface area contributed by atoms with Gasteiger partial charge in [0.2, 0.25) is 0 Å². The summed E-state index contributed by atoms with van der Waals surface area (Å²) in [5.74, 6) is 7.70. The van der Waals surface area contributed by atoms with Crippen molar-refractivity contribution in [2.75, 3.05) is 29.7 Å². The van der Waals surface area contributed by atoms with E-state index in [0.717, 1.165) is 35.5 Å². The van der Waals surface area contributed by atoms with Gasteiger partial charge in [0.15, 0.2) is 0 Å². The van der Waals surface area contributed by atoms with Crippen LogP contribution in [0.1, 0.15) is 38.2 Å². The SMILES string of the molecule is CSC1CCN(c2ncnc(NN)c2C(C)C)CC1. The zero-order valence-electron chi connectivity index (χ0n) is 11.9. The molecule has 6 heteroatoms. The van der Waals surface area contributed by atoms with Gasteiger partial charge in [-0.1, -0.05) is 13.8 Å². The van der Waals surface area contributed by atoms with Crippen LogP contribution in [0.5, 0.6) is 0 Å². The summed E-state index contributed by atoms with van der Waals surface area (Å²) < 4.78 is 0. The standard InChI is InChI=1S/C13H23N5S/c1-9(2)11-12(17-14)15-8-16-13(11)18-6-4-10(19-3)5-7-18/h8-10H,4-7,14H2,1-3H3,(H,15,16,17). The summed E-state index contributed by atoms with van der Waals surface area (Å²) in [6.07, 6.45) is 6.22. The first kappa shape index (κ1) is 14.4. The average molecular weight is 281 g/mol. The van der Waals surface area contributed by atoms with Gasteiger partial charge in [0.25, 0.3) is 0 Å². The molecule has 0 spiro atoms. The van der Waals surface area contributed by atoms with Crippen molar-refractivity contribution in [1.82, 2.24) is 9.97 Å². The Morgan fingerprint density at radius 2 is 2.05 bits per heavy atom. The highest BCUT2D eigenvalue weighted by Crippen LogP contribution is 2.32. The number of nitrogens with one attached hydrogen (secondary N) is 1. The van der Waals surface area contributed by atoms with Crippen molar-refractivity contribution < 1.29 is 0 Å². The molecule has 2 heterocycles. The number of nitrogen functional groups attached to an aromatic ring is 1. The summed E-state index contributed by atoms with van der Waals surface area (Å²) in [5, 5.41) is 0.785. The van der Waals surface area contributed by atoms with Crippen LogP contribution in [0, 0.1) is 0 Å². The third kappa shape index (κ3) is 3.12. The lowest BCUT2D eigenvalue weighted by Gasteiger charge is -2.34. The van der Waals surface area contributed by atoms with Crippen LogP contribution in [0.3, 0.4) is 0 Å². The molecule has 1 aromatic rings. The van der Waals surface area contributed by atoms with Gasteiger partial charge in [-0.05, 0) is 25.0 Å². The minimum Gasteiger partial charge on any atom is -0.356 e. The Labute approximate surface area is 119 Å². The number of piperidine rings is 1. The molecule has 2 rings (SSSR count). The summed E-state index contributed by atoms with van der Waals surface area (Å²) in [4.78, 5) is 11.1. The predicted octanol–water partition coefficient (Wildman–Crippen LogP) is 2.22. The van der Waals surface area contributed by atoms with Gasteiger partial charge < -0.3 is 10.3 Å². The number of nitrogens with two attached hydrogens (primary N) is 1. The number of hydrogen-bond donors (Lipinski definition) is 2. The van der Waals surface area contributed by atoms with Crippen LogP contribution < -0.4 is 16.2 Å². The summed E-state index contributed by atoms with van der Waals surface area (Å²) in [7, 11) is 0. The fourth-order valence-corrected chi connectivity index (χ4v) is 3.27. The van der Waals surface area contributed by atoms with E-state index in [0.29, 0.717) is 5.92 Å². The molecule has 1 aromatic heterocycles. The van der Waals surface area contributed by atoms with E-state index in [1.54, 1.807) is 6.33 Å². The molecule has 19 heavy (non-hydrogen) atoms. The number of thioether (sulfide) groups is 1. The fourth-order valence-electron chi connectivity index (χ4n) is 2.59. The first-order chi connectivity index (χ1) is 9.17. The molecular formula is C13H23N5S. The highest BCUT2D eigenvalue weighted by atomic mass is 32.2. The van der Waals surface area contributed by atoms with Crippen molar-refractivity contribution in [1.29, 1.82) is 0 Å². The van der Waals surface area contributed by atoms with Gasteiger partial charge in [-0.2, -0.15) is 11.8 Å². The number of anilines is 2. The minimum absolute atomic E-state index is 0.348. The second kappa shape index (κ2) is 6.43. The van der Waals surface area contributed by atoms with E-state index in [9.17, 15) is 0 Å². The topological polar surface area (TPSA) is 67.1 Å². The molecule has 0 bridgehead atoms. The third-order valence-electron chi connectivity index (χ3n) is 3.65. The molecule has 1 saturated heterocycles. The molecule has 5 nitrogen and oxygen atoms in total. The molecule has 0 amide bonds. The number of nitrogens with zero attached hydrogens (tertiary/aromatic N) is 3. The number of aromatic nitrogens is 2. The normalized spacial score (nSPS) is 17.0. The highest BCUT2D eigenvalue weighted by molar-refractivity contribution is 7.99. The van der Waals surface area contributed by atoms with Crippen molar-refractivity contribution in [2.24, 2.45) is 5.84 Å². The lowest BCUT2D eigenvalue weighted by atomic mass is 10.0. The van der Waals surface area contributed by atoms with Gasteiger partial charge in [-0.3, -0.25) is 0 Å². The minimum atomic E-state index is 0.348. The Morgan fingerprint density at radius 1 is 1.37 bits per heavy atom. The summed E-state index contributed by atoms with van der Waals surface area (Å²) in [6.45, 7) is 6.42. The van der Waals surface area contributed by atoms with Gasteiger partial charge in [-0.25, -0.2) is 15.8 Å². The maximum Gasteiger partial charge on any atom is 0.148 e. The first-order valence-electron chi connectivity index (χ1n) is 6.76. The largest absolute Gasteiger partial charge is 0.356 e. The monoisotopic (exact) mass is 281 g/mol. The second-order valence-corrected chi connectivity index (χ2v) is 6.32. The van der Waals surface area contributed by atoms with Gasteiger partial charge in [0, 0.05) is 23.9 Å². The molecule has 0 atom stereocenters. The van der Waals surface area contributed by atoms with Crippen molar-refractivity contribution in [3.63, 3.8) is 0 Å². The Kier molecular flexibility index (Phi) is 4.87. The molecule has 0 unspecified atom stereocenters. The van der Waals surface area contributed by atoms with Crippen LogP contribution in [0.15, 0.2) is 6.33 Å². The van der Waals surface area contributed by atoms with Crippen LogP contribution in [-0.4, -0.2) is 34.6 Å². The van der Waals surface area contributed by atoms with E-state index in [-0.39, 0.29) is 0 Å². The zero-order valence-corrected chi connectivity index (χ0v) is 12.7. The van der Waals surface area contributed by atoms with E-state index < -0.39 is 0 Å². The smallest absolute Gasteiger partial charge is 0.148 e. The van der Waals surface area contributed by atoms with Crippen LogP contribution >= 0.6 is 11.8 Å². The molecule has 1 aliphatic rings. The fraction of sp³-hybridized carbons (Fsp3) is 0.692. The van der Waals surface area contributed by atoms with Gasteiger partial charge in [0.05, 0.1) is 0 Å². The van der Waals surface area contributed by atoms with Crippen molar-refractivity contribution in [3.8, 4) is 0 Å². The van der Waals surface area contributed by atoms with Crippen molar-refractivity contribution in [2.45, 2.75) is 37.9 Å². The molecular weight excluding hydrogens is 258 g/mol. The summed E-state index contributed by atoms with van der Waals surface area (Å²) in [5.41, 5.74) is 3.81. The molecule has 0 aliphatic carbocycles. The summed E-state index contributed by atoms with van der Waals surface area (Å²) in [6, 6.07) is 0. The van der Waals surface area contributed by atoms with Crippen LogP contribution in [0.2, 0.25) is 0 Å². The molecule has 1 fully saturated rings. The number of hydrazine groups is 1. The maximum absolute atomic E-state index is 5.57. The lowest BCUT2D eigenvalue weighted by molar-refractivity contribution is 0.583. The zero-order chi connectivity index (χ0) is 13.8. The molecule has 0 aromatic carbocycles. The molecule has 0 saturated carbocycles. The maximum atomic E-state index is 5.57. The van der Waals surface area contributed by atoms with E-state index >= 15 is 0 Å².